The van der Waals surface area contributed by atoms with Gasteiger partial charge in [0.05, 0.1) is 6.61 Å². The van der Waals surface area contributed by atoms with Crippen LogP contribution in [-0.4, -0.2) is 38.4 Å². The van der Waals surface area contributed by atoms with E-state index in [0.717, 1.165) is 77.7 Å². The van der Waals surface area contributed by atoms with Gasteiger partial charge in [0.2, 0.25) is 0 Å². The van der Waals surface area contributed by atoms with Gasteiger partial charge < -0.3 is 23.4 Å². The summed E-state index contributed by atoms with van der Waals surface area (Å²) in [6.07, 6.45) is 57.9. The van der Waals surface area contributed by atoms with E-state index >= 15 is 0 Å². The maximum absolute atomic E-state index is 12.4. The van der Waals surface area contributed by atoms with Crippen LogP contribution in [0.4, 0.5) is 0 Å². The molecule has 0 amide bonds. The van der Waals surface area contributed by atoms with Crippen molar-refractivity contribution < 1.29 is 37.6 Å². The lowest BCUT2D eigenvalue weighted by Gasteiger charge is -2.24. The van der Waals surface area contributed by atoms with E-state index in [9.17, 15) is 19.0 Å². The fourth-order valence-electron chi connectivity index (χ4n) is 4.42. The number of phosphoric acid groups is 1. The van der Waals surface area contributed by atoms with Crippen LogP contribution in [0.5, 0.6) is 0 Å². The van der Waals surface area contributed by atoms with Crippen molar-refractivity contribution in [1.29, 1.82) is 0 Å². The first-order chi connectivity index (χ1) is 26.8. The maximum atomic E-state index is 12.4. The summed E-state index contributed by atoms with van der Waals surface area (Å²) in [4.78, 5) is 36.4. The Morgan fingerprint density at radius 3 is 1.25 bits per heavy atom. The first-order valence-electron chi connectivity index (χ1n) is 19.9. The minimum Gasteiger partial charge on any atom is -0.756 e. The summed E-state index contributed by atoms with van der Waals surface area (Å²) in [6, 6.07) is 0. The highest BCUT2D eigenvalue weighted by molar-refractivity contribution is 7.45. The van der Waals surface area contributed by atoms with Gasteiger partial charge in [-0.15, -0.1) is 0 Å². The Morgan fingerprint density at radius 1 is 0.509 bits per heavy atom. The van der Waals surface area contributed by atoms with Gasteiger partial charge in [-0.05, 0) is 89.9 Å². The summed E-state index contributed by atoms with van der Waals surface area (Å²) >= 11 is 0. The molecule has 0 aromatic rings. The Labute approximate surface area is 333 Å². The van der Waals surface area contributed by atoms with Crippen LogP contribution in [0.3, 0.4) is 0 Å². The number of esters is 2. The Hall–Kier alpha value is -3.81. The van der Waals surface area contributed by atoms with Crippen molar-refractivity contribution in [2.75, 3.05) is 20.3 Å². The molecule has 0 aliphatic heterocycles. The van der Waals surface area contributed by atoms with Gasteiger partial charge >= 0.3 is 11.9 Å². The zero-order valence-electron chi connectivity index (χ0n) is 33.7. The first kappa shape index (κ1) is 51.2. The van der Waals surface area contributed by atoms with Gasteiger partial charge in [0.1, 0.15) is 6.61 Å². The lowest BCUT2D eigenvalue weighted by molar-refractivity contribution is -0.226. The molecule has 0 radical (unpaired) electrons. The second kappa shape index (κ2) is 39.9. The van der Waals surface area contributed by atoms with Crippen molar-refractivity contribution in [3.8, 4) is 0 Å². The van der Waals surface area contributed by atoms with E-state index in [0.29, 0.717) is 19.3 Å². The second-order valence-corrected chi connectivity index (χ2v) is 13.8. The molecule has 0 aliphatic carbocycles. The number of rotatable bonds is 34. The average Bonchev–Trinajstić information content (AvgIpc) is 3.18. The number of unbranched alkanes of at least 4 members (excludes halogenated alkanes) is 1. The first-order valence-corrected chi connectivity index (χ1v) is 21.3. The summed E-state index contributed by atoms with van der Waals surface area (Å²) in [5.41, 5.74) is 0. The normalized spacial score (nSPS) is 14.8. The molecule has 2 unspecified atom stereocenters. The number of hydrogen-bond acceptors (Lipinski definition) is 8. The van der Waals surface area contributed by atoms with Crippen LogP contribution in [0, 0.1) is 0 Å². The largest absolute Gasteiger partial charge is 0.756 e. The average molecular weight is 780 g/mol. The molecule has 0 heterocycles. The van der Waals surface area contributed by atoms with Crippen molar-refractivity contribution in [2.24, 2.45) is 0 Å². The van der Waals surface area contributed by atoms with E-state index in [1.807, 2.05) is 18.2 Å². The number of hydrogen-bond donors (Lipinski definition) is 0. The molecule has 0 saturated heterocycles. The van der Waals surface area contributed by atoms with Crippen molar-refractivity contribution >= 4 is 19.8 Å². The lowest BCUT2D eigenvalue weighted by Crippen LogP contribution is -2.30. The molecule has 0 saturated carbocycles. The quantitative estimate of drug-likeness (QED) is 0.0275. The van der Waals surface area contributed by atoms with Crippen LogP contribution in [0.1, 0.15) is 117 Å². The van der Waals surface area contributed by atoms with Crippen LogP contribution in [0.15, 0.2) is 134 Å². The molecule has 0 fully saturated rings. The Kier molecular flexibility index (Phi) is 37.1. The summed E-state index contributed by atoms with van der Waals surface area (Å²) < 4.78 is 31.4. The Balaban J connectivity index is 4.31. The maximum Gasteiger partial charge on any atom is 0.306 e. The monoisotopic (exact) mass is 779 g/mol. The molecule has 0 aliphatic rings. The van der Waals surface area contributed by atoms with Gasteiger partial charge in [-0.2, -0.15) is 0 Å². The predicted octanol–water partition coefficient (Wildman–Crippen LogP) is 12.0. The van der Waals surface area contributed by atoms with E-state index in [1.54, 1.807) is 0 Å². The smallest absolute Gasteiger partial charge is 0.306 e. The third kappa shape index (κ3) is 39.7. The zero-order valence-corrected chi connectivity index (χ0v) is 34.6. The molecular weight excluding hydrogens is 711 g/mol. The molecule has 9 heteroatoms. The number of phosphoric ester groups is 1. The second-order valence-electron chi connectivity index (χ2n) is 12.3. The highest BCUT2D eigenvalue weighted by Crippen LogP contribution is 2.37. The third-order valence-corrected chi connectivity index (χ3v) is 8.30. The molecule has 0 N–H and O–H groups in total. The summed E-state index contributed by atoms with van der Waals surface area (Å²) in [7, 11) is -3.58. The summed E-state index contributed by atoms with van der Waals surface area (Å²) in [5.74, 6) is -1.02. The van der Waals surface area contributed by atoms with Gasteiger partial charge in [0.25, 0.3) is 7.82 Å². The lowest BCUT2D eigenvalue weighted by atomic mass is 10.2. The van der Waals surface area contributed by atoms with Crippen molar-refractivity contribution in [3.63, 3.8) is 0 Å². The number of ether oxygens (including phenoxy) is 2. The standard InChI is InChI=1S/C46H69O8P/c1-4-6-8-10-12-14-16-18-20-22-23-25-27-29-31-33-35-37-39-41-46(48)54-44(43-53-55(49,50)51-3)42-52-45(47)40-38-36-34-32-30-28-26-24-21-19-17-15-13-11-9-7-5-2/h6-9,12-15,18-21,23,25-26,28-29,31-32,34-35,37,44H,4-5,10-11,16-17,22,24,27,30,33,36,38-43H2,1-3H3,(H,49,50)/p-1/b8-6-,9-7-,14-12-,15-13-,20-18-,21-19-,25-23-,28-26-,31-29-,34-32-,37-35-. The fourth-order valence-corrected chi connectivity index (χ4v) is 4.87. The number of allylic oxidation sites excluding steroid dienone is 22. The van der Waals surface area contributed by atoms with Gasteiger partial charge in [-0.25, -0.2) is 0 Å². The molecule has 0 aromatic heterocycles. The van der Waals surface area contributed by atoms with Gasteiger partial charge in [0, 0.05) is 20.0 Å². The Morgan fingerprint density at radius 2 is 0.873 bits per heavy atom. The minimum atomic E-state index is -4.55. The van der Waals surface area contributed by atoms with Crippen LogP contribution in [0.2, 0.25) is 0 Å². The highest BCUT2D eigenvalue weighted by atomic mass is 31.2. The Bertz CT molecular complexity index is 1340. The van der Waals surface area contributed by atoms with Crippen LogP contribution in [0.25, 0.3) is 0 Å². The highest BCUT2D eigenvalue weighted by Gasteiger charge is 2.20. The van der Waals surface area contributed by atoms with E-state index in [4.69, 9.17) is 14.0 Å². The molecule has 55 heavy (non-hydrogen) atoms. The molecule has 306 valence electrons. The fraction of sp³-hybridized carbons (Fsp3) is 0.478. The van der Waals surface area contributed by atoms with E-state index in [2.05, 4.69) is 134 Å². The number of carbonyl (C=O) groups excluding carboxylic acids is 2. The van der Waals surface area contributed by atoms with Gasteiger partial charge in [-0.1, -0.05) is 148 Å². The van der Waals surface area contributed by atoms with Gasteiger partial charge in [-0.3, -0.25) is 14.2 Å². The van der Waals surface area contributed by atoms with E-state index < -0.39 is 32.5 Å². The SMILES string of the molecule is CC/C=C\C/C=C\C/C=C\C/C=C\C/C=C\C/C=C\CCC(=O)OC(COC(=O)CCC/C=C\C/C=C\C/C=C\C/C=C\C/C=C\CC)COP(=O)([O-])OC. The van der Waals surface area contributed by atoms with E-state index in [1.165, 1.54) is 0 Å². The topological polar surface area (TPSA) is 111 Å². The molecule has 2 atom stereocenters. The van der Waals surface area contributed by atoms with Crippen LogP contribution >= 0.6 is 7.82 Å². The van der Waals surface area contributed by atoms with Crippen molar-refractivity contribution in [3.05, 3.63) is 134 Å². The third-order valence-electron chi connectivity index (χ3n) is 7.39. The molecule has 0 spiro atoms. The van der Waals surface area contributed by atoms with E-state index in [-0.39, 0.29) is 19.4 Å². The van der Waals surface area contributed by atoms with Gasteiger partial charge in [0.15, 0.2) is 6.10 Å². The van der Waals surface area contributed by atoms with Crippen molar-refractivity contribution in [2.45, 2.75) is 123 Å². The van der Waals surface area contributed by atoms with Crippen molar-refractivity contribution in [1.82, 2.24) is 0 Å². The predicted molar refractivity (Wildman–Crippen MR) is 227 cm³/mol. The number of carbonyl (C=O) groups is 2. The summed E-state index contributed by atoms with van der Waals surface area (Å²) in [6.45, 7) is 3.42. The minimum absolute atomic E-state index is 0.0825. The zero-order chi connectivity index (χ0) is 40.3. The van der Waals surface area contributed by atoms with Crippen LogP contribution < -0.4 is 4.89 Å². The molecule has 8 nitrogen and oxygen atoms in total. The molecular formula is C46H68O8P-. The molecule has 0 aromatic carbocycles. The van der Waals surface area contributed by atoms with Crippen LogP contribution in [-0.2, 0) is 32.7 Å². The molecule has 0 rings (SSSR count). The summed E-state index contributed by atoms with van der Waals surface area (Å²) in [5, 5.41) is 0. The molecule has 0 bridgehead atoms.